The maximum absolute atomic E-state index is 10.9. The Bertz CT molecular complexity index is 292. The van der Waals surface area contributed by atoms with Crippen LogP contribution in [-0.2, 0) is 25.4 Å². The maximum atomic E-state index is 10.9. The van der Waals surface area contributed by atoms with Crippen LogP contribution >= 0.6 is 0 Å². The minimum absolute atomic E-state index is 0.0433. The van der Waals surface area contributed by atoms with Crippen LogP contribution in [0, 0.1) is 0 Å². The van der Waals surface area contributed by atoms with E-state index in [0.717, 1.165) is 6.26 Å². The van der Waals surface area contributed by atoms with Crippen LogP contribution in [-0.4, -0.2) is 47.2 Å². The molecule has 0 rings (SSSR count). The van der Waals surface area contributed by atoms with E-state index < -0.39 is 32.4 Å². The fourth-order valence-electron chi connectivity index (χ4n) is 0.692. The van der Waals surface area contributed by atoms with Crippen LogP contribution in [0.3, 0.4) is 0 Å². The molecule has 0 heterocycles. The monoisotopic (exact) mass is 228 g/mol. The van der Waals surface area contributed by atoms with Crippen molar-refractivity contribution in [1.82, 2.24) is 0 Å². The van der Waals surface area contributed by atoms with Crippen molar-refractivity contribution in [2.45, 2.75) is 6.42 Å². The van der Waals surface area contributed by atoms with Gasteiger partial charge in [0.1, 0.15) is 15.6 Å². The van der Waals surface area contributed by atoms with E-state index >= 15 is 0 Å². The molecule has 1 atom stereocenters. The predicted octanol–water partition coefficient (Wildman–Crippen LogP) is -0.746. The van der Waals surface area contributed by atoms with Gasteiger partial charge in [0, 0.05) is 22.8 Å². The van der Waals surface area contributed by atoms with Gasteiger partial charge < -0.3 is 5.11 Å². The molecule has 0 aromatic rings. The fourth-order valence-corrected chi connectivity index (χ4v) is 2.43. The molecular formula is C6H12O5S2. The van der Waals surface area contributed by atoms with E-state index in [1.54, 1.807) is 0 Å². The second kappa shape index (κ2) is 5.33. The number of sulfone groups is 1. The van der Waals surface area contributed by atoms with Crippen LogP contribution in [0.5, 0.6) is 0 Å². The quantitative estimate of drug-likeness (QED) is 0.646. The highest BCUT2D eigenvalue weighted by atomic mass is 32.2. The molecule has 0 aliphatic carbocycles. The summed E-state index contributed by atoms with van der Waals surface area (Å²) < 4.78 is 32.1. The molecular weight excluding hydrogens is 216 g/mol. The Morgan fingerprint density at radius 1 is 1.46 bits per heavy atom. The maximum Gasteiger partial charge on any atom is 0.316 e. The van der Waals surface area contributed by atoms with E-state index in [2.05, 4.69) is 0 Å². The second-order valence-electron chi connectivity index (χ2n) is 2.67. The molecule has 0 saturated heterocycles. The summed E-state index contributed by atoms with van der Waals surface area (Å²) in [7, 11) is -4.48. The van der Waals surface area contributed by atoms with Crippen molar-refractivity contribution < 1.29 is 22.5 Å². The van der Waals surface area contributed by atoms with E-state index in [1.807, 2.05) is 0 Å². The second-order valence-corrected chi connectivity index (χ2v) is 6.50. The van der Waals surface area contributed by atoms with Gasteiger partial charge in [0.15, 0.2) is 0 Å². The van der Waals surface area contributed by atoms with Gasteiger partial charge in [-0.25, -0.2) is 8.42 Å². The molecule has 0 aromatic carbocycles. The van der Waals surface area contributed by atoms with Crippen molar-refractivity contribution in [1.29, 1.82) is 0 Å². The van der Waals surface area contributed by atoms with Crippen LogP contribution in [0.15, 0.2) is 0 Å². The summed E-state index contributed by atoms with van der Waals surface area (Å²) in [6.45, 7) is 0. The molecule has 0 saturated carbocycles. The van der Waals surface area contributed by atoms with E-state index in [-0.39, 0.29) is 17.9 Å². The van der Waals surface area contributed by atoms with Crippen molar-refractivity contribution in [3.8, 4) is 0 Å². The van der Waals surface area contributed by atoms with Gasteiger partial charge in [-0.3, -0.25) is 9.00 Å². The summed E-state index contributed by atoms with van der Waals surface area (Å²) in [6, 6.07) is 0. The lowest BCUT2D eigenvalue weighted by Crippen LogP contribution is -2.14. The zero-order valence-electron chi connectivity index (χ0n) is 7.23. The van der Waals surface area contributed by atoms with Gasteiger partial charge in [-0.1, -0.05) is 0 Å². The Balaban J connectivity index is 3.67. The molecule has 7 heteroatoms. The van der Waals surface area contributed by atoms with E-state index in [1.165, 1.54) is 0 Å². The van der Waals surface area contributed by atoms with E-state index in [9.17, 15) is 17.4 Å². The first-order valence-electron chi connectivity index (χ1n) is 3.56. The normalized spacial score (nSPS) is 13.9. The minimum atomic E-state index is -3.03. The minimum Gasteiger partial charge on any atom is -0.481 e. The standard InChI is InChI=1S/C6H12O5S2/c1-13(10,11)4-2-3-12(9)5-6(7)8/h2-5H2,1H3,(H,7,8). The number of carboxylic acids is 1. The molecule has 0 aromatic heterocycles. The molecule has 0 bridgehead atoms. The number of hydrogen-bond donors (Lipinski definition) is 1. The molecule has 13 heavy (non-hydrogen) atoms. The highest BCUT2D eigenvalue weighted by Gasteiger charge is 2.07. The molecule has 0 fully saturated rings. The molecule has 0 spiro atoms. The lowest BCUT2D eigenvalue weighted by Gasteiger charge is -1.98. The molecule has 78 valence electrons. The third-order valence-corrected chi connectivity index (χ3v) is 3.51. The van der Waals surface area contributed by atoms with Crippen molar-refractivity contribution in [3.05, 3.63) is 0 Å². The molecule has 0 aliphatic rings. The van der Waals surface area contributed by atoms with Gasteiger partial charge in [-0.2, -0.15) is 0 Å². The van der Waals surface area contributed by atoms with Crippen LogP contribution in [0.4, 0.5) is 0 Å². The molecule has 0 amide bonds. The van der Waals surface area contributed by atoms with Crippen LogP contribution in [0.2, 0.25) is 0 Å². The highest BCUT2D eigenvalue weighted by Crippen LogP contribution is 1.92. The summed E-state index contributed by atoms with van der Waals surface area (Å²) in [5, 5.41) is 8.23. The highest BCUT2D eigenvalue weighted by molar-refractivity contribution is 7.90. The van der Waals surface area contributed by atoms with Gasteiger partial charge >= 0.3 is 5.97 Å². The summed E-state index contributed by atoms with van der Waals surface area (Å²) in [6.07, 6.45) is 1.34. The third-order valence-electron chi connectivity index (χ3n) is 1.17. The molecule has 5 nitrogen and oxygen atoms in total. The zero-order chi connectivity index (χ0) is 10.5. The largest absolute Gasteiger partial charge is 0.481 e. The Morgan fingerprint density at radius 3 is 2.38 bits per heavy atom. The average Bonchev–Trinajstić information content (AvgIpc) is 1.81. The van der Waals surface area contributed by atoms with Crippen LogP contribution < -0.4 is 0 Å². The lowest BCUT2D eigenvalue weighted by molar-refractivity contribution is -0.133. The van der Waals surface area contributed by atoms with Crippen LogP contribution in [0.1, 0.15) is 6.42 Å². The topological polar surface area (TPSA) is 88.5 Å². The first kappa shape index (κ1) is 12.6. The Kier molecular flexibility index (Phi) is 5.16. The Morgan fingerprint density at radius 2 is 2.00 bits per heavy atom. The molecule has 0 radical (unpaired) electrons. The summed E-state index contributed by atoms with van der Waals surface area (Å²) >= 11 is 0. The van der Waals surface area contributed by atoms with Gasteiger partial charge in [0.25, 0.3) is 0 Å². The summed E-state index contributed by atoms with van der Waals surface area (Å²) in [5.74, 6) is -1.46. The average molecular weight is 228 g/mol. The fraction of sp³-hybridized carbons (Fsp3) is 0.833. The Hall–Kier alpha value is -0.430. The summed E-state index contributed by atoms with van der Waals surface area (Å²) in [5.41, 5.74) is 0. The van der Waals surface area contributed by atoms with Gasteiger partial charge in [-0.15, -0.1) is 0 Å². The number of aliphatic carboxylic acids is 1. The Labute approximate surface area is 79.5 Å². The van der Waals surface area contributed by atoms with Crippen molar-refractivity contribution >= 4 is 26.6 Å². The van der Waals surface area contributed by atoms with E-state index in [0.29, 0.717) is 0 Å². The molecule has 1 unspecified atom stereocenters. The number of carboxylic acid groups (broad SMARTS) is 1. The van der Waals surface area contributed by atoms with Crippen molar-refractivity contribution in [2.75, 3.05) is 23.5 Å². The predicted molar refractivity (Wildman–Crippen MR) is 49.8 cm³/mol. The molecule has 0 aliphatic heterocycles. The van der Waals surface area contributed by atoms with Crippen molar-refractivity contribution in [3.63, 3.8) is 0 Å². The zero-order valence-corrected chi connectivity index (χ0v) is 8.86. The third kappa shape index (κ3) is 9.48. The smallest absolute Gasteiger partial charge is 0.316 e. The first-order valence-corrected chi connectivity index (χ1v) is 7.10. The first-order chi connectivity index (χ1) is 5.81. The van der Waals surface area contributed by atoms with Gasteiger partial charge in [0.2, 0.25) is 0 Å². The molecule has 1 N–H and O–H groups in total. The van der Waals surface area contributed by atoms with Gasteiger partial charge in [0.05, 0.1) is 5.75 Å². The van der Waals surface area contributed by atoms with Gasteiger partial charge in [-0.05, 0) is 6.42 Å². The lowest BCUT2D eigenvalue weighted by atomic mass is 10.6. The van der Waals surface area contributed by atoms with Crippen LogP contribution in [0.25, 0.3) is 0 Å². The van der Waals surface area contributed by atoms with E-state index in [4.69, 9.17) is 5.11 Å². The number of carbonyl (C=O) groups is 1. The van der Waals surface area contributed by atoms with Crippen molar-refractivity contribution in [2.24, 2.45) is 0 Å². The number of hydrogen-bond acceptors (Lipinski definition) is 4. The number of rotatable bonds is 6. The summed E-state index contributed by atoms with van der Waals surface area (Å²) in [4.78, 5) is 10.1. The SMILES string of the molecule is CS(=O)(=O)CCCS(=O)CC(=O)O.